The van der Waals surface area contributed by atoms with Crippen LogP contribution in [0.25, 0.3) is 0 Å². The predicted molar refractivity (Wildman–Crippen MR) is 58.3 cm³/mol. The van der Waals surface area contributed by atoms with E-state index in [4.69, 9.17) is 9.84 Å². The maximum Gasteiger partial charge on any atom is 0.313 e. The van der Waals surface area contributed by atoms with Crippen LogP contribution < -0.4 is 0 Å². The maximum atomic E-state index is 11.8. The van der Waals surface area contributed by atoms with E-state index in [0.717, 1.165) is 6.42 Å². The van der Waals surface area contributed by atoms with Crippen molar-refractivity contribution in [2.75, 3.05) is 6.61 Å². The number of ether oxygens (including phenoxy) is 1. The Hall–Kier alpha value is -1.09. The van der Waals surface area contributed by atoms with E-state index >= 15 is 0 Å². The zero-order valence-corrected chi connectivity index (χ0v) is 8.95. The lowest BCUT2D eigenvalue weighted by atomic mass is 9.75. The first kappa shape index (κ1) is 12.0. The number of aliphatic hydroxyl groups excluding tert-OH is 1. The molecule has 1 N–H and O–H groups in total. The average molecular weight is 210 g/mol. The number of carbonyl (C=O) groups excluding carboxylic acids is 1. The highest BCUT2D eigenvalue weighted by Crippen LogP contribution is 2.39. The minimum Gasteiger partial charge on any atom is -0.459 e. The number of allylic oxidation sites excluding steroid dienone is 2. The van der Waals surface area contributed by atoms with Gasteiger partial charge >= 0.3 is 5.97 Å². The van der Waals surface area contributed by atoms with E-state index in [1.54, 1.807) is 12.2 Å². The summed E-state index contributed by atoms with van der Waals surface area (Å²) in [5, 5.41) is 8.92. The third kappa shape index (κ3) is 2.48. The van der Waals surface area contributed by atoms with Crippen molar-refractivity contribution in [1.82, 2.24) is 0 Å². The lowest BCUT2D eigenvalue weighted by Gasteiger charge is -2.36. The van der Waals surface area contributed by atoms with Crippen molar-refractivity contribution in [3.05, 3.63) is 25.3 Å². The van der Waals surface area contributed by atoms with Crippen LogP contribution in [0, 0.1) is 5.41 Å². The summed E-state index contributed by atoms with van der Waals surface area (Å²) in [4.78, 5) is 11.8. The molecule has 1 saturated heterocycles. The smallest absolute Gasteiger partial charge is 0.313 e. The summed E-state index contributed by atoms with van der Waals surface area (Å²) < 4.78 is 5.17. The van der Waals surface area contributed by atoms with Gasteiger partial charge in [-0.3, -0.25) is 4.79 Å². The summed E-state index contributed by atoms with van der Waals surface area (Å²) >= 11 is 0. The third-order valence-electron chi connectivity index (χ3n) is 2.93. The predicted octanol–water partition coefficient (Wildman–Crippen LogP) is 1.82. The van der Waals surface area contributed by atoms with Crippen LogP contribution in [0.15, 0.2) is 25.3 Å². The second kappa shape index (κ2) is 5.12. The average Bonchev–Trinajstić information content (AvgIpc) is 2.23. The molecular weight excluding hydrogens is 192 g/mol. The number of aliphatic hydroxyl groups is 1. The number of rotatable bonds is 5. The molecule has 0 amide bonds. The van der Waals surface area contributed by atoms with Crippen molar-refractivity contribution in [2.24, 2.45) is 5.41 Å². The zero-order valence-electron chi connectivity index (χ0n) is 8.95. The minimum atomic E-state index is -0.491. The number of hydrogen-bond acceptors (Lipinski definition) is 3. The summed E-state index contributed by atoms with van der Waals surface area (Å²) in [5.41, 5.74) is -0.491. The molecule has 0 saturated carbocycles. The summed E-state index contributed by atoms with van der Waals surface area (Å²) in [7, 11) is 0. The topological polar surface area (TPSA) is 46.5 Å². The number of carbonyl (C=O) groups is 1. The largest absolute Gasteiger partial charge is 0.459 e. The van der Waals surface area contributed by atoms with Gasteiger partial charge in [0.1, 0.15) is 6.10 Å². The minimum absolute atomic E-state index is 0.0933. The Kier molecular flexibility index (Phi) is 4.09. The molecule has 3 heteroatoms. The van der Waals surface area contributed by atoms with E-state index in [-0.39, 0.29) is 18.7 Å². The Morgan fingerprint density at radius 3 is 2.47 bits per heavy atom. The molecule has 1 rings (SSSR count). The second-order valence-corrected chi connectivity index (χ2v) is 4.01. The van der Waals surface area contributed by atoms with Gasteiger partial charge in [-0.05, 0) is 25.7 Å². The van der Waals surface area contributed by atoms with E-state index in [2.05, 4.69) is 13.2 Å². The normalized spacial score (nSPS) is 24.3. The molecule has 0 aromatic carbocycles. The SMILES string of the molecule is C=CCC1(CC=C)CC[C@@H](CO)OC1=O. The van der Waals surface area contributed by atoms with Gasteiger partial charge in [0, 0.05) is 0 Å². The van der Waals surface area contributed by atoms with E-state index in [9.17, 15) is 4.79 Å². The van der Waals surface area contributed by atoms with Crippen molar-refractivity contribution >= 4 is 5.97 Å². The lowest BCUT2D eigenvalue weighted by Crippen LogP contribution is -2.41. The fraction of sp³-hybridized carbons (Fsp3) is 0.583. The molecule has 0 aliphatic carbocycles. The molecule has 0 radical (unpaired) electrons. The number of hydrogen-bond donors (Lipinski definition) is 1. The molecular formula is C12H18O3. The van der Waals surface area contributed by atoms with Gasteiger partial charge in [0.05, 0.1) is 12.0 Å². The quantitative estimate of drug-likeness (QED) is 0.556. The highest BCUT2D eigenvalue weighted by Gasteiger charge is 2.42. The van der Waals surface area contributed by atoms with Crippen molar-refractivity contribution in [1.29, 1.82) is 0 Å². The van der Waals surface area contributed by atoms with E-state index in [1.165, 1.54) is 0 Å². The molecule has 1 aliphatic heterocycles. The first-order valence-electron chi connectivity index (χ1n) is 5.22. The molecule has 0 bridgehead atoms. The third-order valence-corrected chi connectivity index (χ3v) is 2.93. The summed E-state index contributed by atoms with van der Waals surface area (Å²) in [6.07, 6.45) is 5.80. The first-order chi connectivity index (χ1) is 7.18. The molecule has 0 aromatic heterocycles. The van der Waals surface area contributed by atoms with E-state index in [0.29, 0.717) is 19.3 Å². The monoisotopic (exact) mass is 210 g/mol. The van der Waals surface area contributed by atoms with E-state index < -0.39 is 5.41 Å². The van der Waals surface area contributed by atoms with Crippen LogP contribution in [0.1, 0.15) is 25.7 Å². The molecule has 84 valence electrons. The van der Waals surface area contributed by atoms with E-state index in [1.807, 2.05) is 0 Å². The Morgan fingerprint density at radius 2 is 2.07 bits per heavy atom. The molecule has 0 unspecified atom stereocenters. The van der Waals surface area contributed by atoms with Crippen molar-refractivity contribution in [3.8, 4) is 0 Å². The van der Waals surface area contributed by atoms with Crippen LogP contribution >= 0.6 is 0 Å². The van der Waals surface area contributed by atoms with Gasteiger partial charge in [-0.25, -0.2) is 0 Å². The molecule has 1 heterocycles. The van der Waals surface area contributed by atoms with Crippen molar-refractivity contribution in [3.63, 3.8) is 0 Å². The van der Waals surface area contributed by atoms with Crippen LogP contribution in [-0.2, 0) is 9.53 Å². The molecule has 1 fully saturated rings. The number of cyclic esters (lactones) is 1. The fourth-order valence-electron chi connectivity index (χ4n) is 2.01. The molecule has 0 aromatic rings. The number of esters is 1. The Labute approximate surface area is 90.4 Å². The van der Waals surface area contributed by atoms with Gasteiger partial charge < -0.3 is 9.84 Å². The van der Waals surface area contributed by atoms with Gasteiger partial charge in [-0.15, -0.1) is 13.2 Å². The highest BCUT2D eigenvalue weighted by atomic mass is 16.6. The molecule has 1 atom stereocenters. The van der Waals surface area contributed by atoms with Crippen molar-refractivity contribution in [2.45, 2.75) is 31.8 Å². The molecule has 1 aliphatic rings. The summed E-state index contributed by atoms with van der Waals surface area (Å²) in [6, 6.07) is 0. The zero-order chi connectivity index (χ0) is 11.3. The fourth-order valence-corrected chi connectivity index (χ4v) is 2.01. The standard InChI is InChI=1S/C12H18O3/c1-3-6-12(7-4-2)8-5-10(9-13)15-11(12)14/h3-4,10,13H,1-2,5-9H2/t10-/m0/s1. The van der Waals surface area contributed by atoms with Crippen LogP contribution in [0.4, 0.5) is 0 Å². The van der Waals surface area contributed by atoms with Gasteiger partial charge in [0.2, 0.25) is 0 Å². The van der Waals surface area contributed by atoms with Crippen LogP contribution in [0.5, 0.6) is 0 Å². The molecule has 15 heavy (non-hydrogen) atoms. The van der Waals surface area contributed by atoms with Crippen LogP contribution in [-0.4, -0.2) is 23.8 Å². The Balaban J connectivity index is 2.76. The summed E-state index contributed by atoms with van der Waals surface area (Å²) in [6.45, 7) is 7.24. The molecule has 3 nitrogen and oxygen atoms in total. The van der Waals surface area contributed by atoms with Crippen LogP contribution in [0.2, 0.25) is 0 Å². The van der Waals surface area contributed by atoms with Gasteiger partial charge in [-0.2, -0.15) is 0 Å². The first-order valence-corrected chi connectivity index (χ1v) is 5.22. The van der Waals surface area contributed by atoms with Crippen molar-refractivity contribution < 1.29 is 14.6 Å². The van der Waals surface area contributed by atoms with Crippen LogP contribution in [0.3, 0.4) is 0 Å². The second-order valence-electron chi connectivity index (χ2n) is 4.01. The van der Waals surface area contributed by atoms with Gasteiger partial charge in [-0.1, -0.05) is 12.2 Å². The molecule has 0 spiro atoms. The Morgan fingerprint density at radius 1 is 1.47 bits per heavy atom. The lowest BCUT2D eigenvalue weighted by molar-refractivity contribution is -0.172. The Bertz CT molecular complexity index is 248. The van der Waals surface area contributed by atoms with Gasteiger partial charge in [0.25, 0.3) is 0 Å². The highest BCUT2D eigenvalue weighted by molar-refractivity contribution is 5.78. The summed E-state index contributed by atoms with van der Waals surface area (Å²) in [5.74, 6) is -0.229. The maximum absolute atomic E-state index is 11.8. The van der Waals surface area contributed by atoms with Gasteiger partial charge in [0.15, 0.2) is 0 Å².